The molecule has 0 aromatic carbocycles. The van der Waals surface area contributed by atoms with Crippen molar-refractivity contribution in [1.29, 1.82) is 0 Å². The van der Waals surface area contributed by atoms with Gasteiger partial charge in [-0.25, -0.2) is 4.79 Å². The molecule has 0 aliphatic carbocycles. The van der Waals surface area contributed by atoms with Gasteiger partial charge in [0, 0.05) is 24.2 Å². The van der Waals surface area contributed by atoms with Crippen molar-refractivity contribution in [3.63, 3.8) is 0 Å². The molecular weight excluding hydrogens is 308 g/mol. The largest absolute Gasteiger partial charge is 0.488 e. The topological polar surface area (TPSA) is 78.8 Å². The Morgan fingerprint density at radius 2 is 2.00 bits per heavy atom. The van der Waals surface area contributed by atoms with Gasteiger partial charge in [0.1, 0.15) is 6.61 Å². The van der Waals surface area contributed by atoms with Gasteiger partial charge in [0.2, 0.25) is 0 Å². The van der Waals surface area contributed by atoms with Crippen LogP contribution in [0.5, 0.6) is 5.75 Å². The lowest BCUT2D eigenvalue weighted by atomic mass is 9.96. The molecule has 3 atom stereocenters. The van der Waals surface area contributed by atoms with Crippen molar-refractivity contribution >= 4 is 23.5 Å². The molecule has 7 nitrogen and oxygen atoms in total. The van der Waals surface area contributed by atoms with Gasteiger partial charge >= 0.3 is 6.09 Å². The Morgan fingerprint density at radius 1 is 1.27 bits per heavy atom. The van der Waals surface area contributed by atoms with Gasteiger partial charge < -0.3 is 19.6 Å². The molecule has 1 unspecified atom stereocenters. The Hall–Kier alpha value is -1.76. The van der Waals surface area contributed by atoms with E-state index in [4.69, 9.17) is 16.3 Å². The summed E-state index contributed by atoms with van der Waals surface area (Å²) in [7, 11) is 0. The number of ether oxygens (including phenoxy) is 1. The van der Waals surface area contributed by atoms with Crippen LogP contribution in [0, 0.1) is 0 Å². The zero-order valence-electron chi connectivity index (χ0n) is 12.0. The van der Waals surface area contributed by atoms with Crippen molar-refractivity contribution in [1.82, 2.24) is 15.1 Å². The van der Waals surface area contributed by atoms with Gasteiger partial charge in [-0.05, 0) is 25.7 Å². The lowest BCUT2D eigenvalue weighted by Gasteiger charge is -2.43. The van der Waals surface area contributed by atoms with Crippen LogP contribution in [-0.4, -0.2) is 57.6 Å². The molecule has 2 bridgehead atoms. The van der Waals surface area contributed by atoms with Gasteiger partial charge in [-0.1, -0.05) is 11.6 Å². The number of hydrogen-bond donors (Lipinski definition) is 1. The molecule has 8 heteroatoms. The van der Waals surface area contributed by atoms with E-state index in [1.807, 2.05) is 0 Å². The zero-order chi connectivity index (χ0) is 15.3. The molecule has 1 amide bonds. The molecule has 118 valence electrons. The van der Waals surface area contributed by atoms with Crippen LogP contribution in [-0.2, 0) is 0 Å². The molecule has 3 aliphatic rings. The van der Waals surface area contributed by atoms with Gasteiger partial charge in [0.05, 0.1) is 6.54 Å². The summed E-state index contributed by atoms with van der Waals surface area (Å²) in [4.78, 5) is 15.2. The number of carboxylic acid groups (broad SMARTS) is 1. The van der Waals surface area contributed by atoms with Crippen molar-refractivity contribution < 1.29 is 14.6 Å². The third-order valence-electron chi connectivity index (χ3n) is 4.94. The number of rotatable bonds is 1. The van der Waals surface area contributed by atoms with Gasteiger partial charge in [0.15, 0.2) is 16.7 Å². The third-order valence-corrected chi connectivity index (χ3v) is 5.13. The number of hydrogen-bond acceptors (Lipinski definition) is 5. The predicted octanol–water partition coefficient (Wildman–Crippen LogP) is 2.00. The Kier molecular flexibility index (Phi) is 3.25. The van der Waals surface area contributed by atoms with E-state index in [1.165, 1.54) is 0 Å². The molecule has 2 saturated heterocycles. The molecule has 0 radical (unpaired) electrons. The monoisotopic (exact) mass is 324 g/mol. The van der Waals surface area contributed by atoms with Crippen molar-refractivity contribution in [3.8, 4) is 5.75 Å². The molecule has 1 aromatic rings. The second kappa shape index (κ2) is 5.15. The average molecular weight is 325 g/mol. The lowest BCUT2D eigenvalue weighted by molar-refractivity contribution is 0.0947. The molecule has 1 N–H and O–H groups in total. The van der Waals surface area contributed by atoms with Crippen LogP contribution in [0.4, 0.5) is 10.6 Å². The molecule has 4 heterocycles. The quantitative estimate of drug-likeness (QED) is 0.851. The maximum absolute atomic E-state index is 11.4. The number of halogens is 1. The normalized spacial score (nSPS) is 30.0. The smallest absolute Gasteiger partial charge is 0.407 e. The summed E-state index contributed by atoms with van der Waals surface area (Å²) in [6.07, 6.45) is 2.80. The average Bonchev–Trinajstić information content (AvgIpc) is 2.77. The fourth-order valence-corrected chi connectivity index (χ4v) is 4.22. The number of fused-ring (bicyclic) bond motifs is 3. The molecule has 2 fully saturated rings. The molecular formula is C14H17ClN4O3. The minimum Gasteiger partial charge on any atom is -0.488 e. The van der Waals surface area contributed by atoms with E-state index in [-0.39, 0.29) is 18.1 Å². The maximum Gasteiger partial charge on any atom is 0.407 e. The van der Waals surface area contributed by atoms with Crippen LogP contribution >= 0.6 is 11.6 Å². The second-order valence-corrected chi connectivity index (χ2v) is 6.48. The van der Waals surface area contributed by atoms with Crippen molar-refractivity contribution in [3.05, 3.63) is 11.2 Å². The van der Waals surface area contributed by atoms with E-state index >= 15 is 0 Å². The van der Waals surface area contributed by atoms with Gasteiger partial charge in [-0.2, -0.15) is 0 Å². The lowest BCUT2D eigenvalue weighted by Crippen LogP contribution is -2.53. The number of amides is 1. The van der Waals surface area contributed by atoms with Crippen LogP contribution in [0.3, 0.4) is 0 Å². The number of carbonyl (C=O) groups is 1. The summed E-state index contributed by atoms with van der Waals surface area (Å²) in [6, 6.07) is 2.21. The Balaban J connectivity index is 1.59. The maximum atomic E-state index is 11.4. The fraction of sp³-hybridized carbons (Fsp3) is 0.643. The first kappa shape index (κ1) is 13.9. The highest BCUT2D eigenvalue weighted by molar-refractivity contribution is 6.29. The number of anilines is 1. The van der Waals surface area contributed by atoms with Crippen molar-refractivity contribution in [2.24, 2.45) is 0 Å². The fourth-order valence-electron chi connectivity index (χ4n) is 4.08. The number of piperidine rings is 1. The Morgan fingerprint density at radius 3 is 2.68 bits per heavy atom. The van der Waals surface area contributed by atoms with Crippen molar-refractivity contribution in [2.75, 3.05) is 18.1 Å². The second-order valence-electron chi connectivity index (χ2n) is 6.10. The van der Waals surface area contributed by atoms with E-state index in [0.717, 1.165) is 38.0 Å². The van der Waals surface area contributed by atoms with Crippen LogP contribution in [0.2, 0.25) is 5.15 Å². The molecule has 4 rings (SSSR count). The predicted molar refractivity (Wildman–Crippen MR) is 79.6 cm³/mol. The molecule has 1 aromatic heterocycles. The zero-order valence-corrected chi connectivity index (χ0v) is 12.7. The minimum atomic E-state index is -0.792. The minimum absolute atomic E-state index is 0.118. The standard InChI is InChI=1S/C14H17ClN4O3/c15-12-7-11-13(17-16-12)18(3-4-22-11)10-5-8-1-2-9(6-10)19(8)14(20)21/h7-10H,1-6H2,(H,20,21)/t8-,9+,10?. The van der Waals surface area contributed by atoms with Gasteiger partial charge in [0.25, 0.3) is 0 Å². The SMILES string of the molecule is O=C(O)N1[C@@H]2CC[C@H]1CC(N1CCOc3cc(Cl)nnc31)C2. The first-order valence-electron chi connectivity index (χ1n) is 7.57. The van der Waals surface area contributed by atoms with E-state index in [9.17, 15) is 9.90 Å². The van der Waals surface area contributed by atoms with E-state index in [0.29, 0.717) is 17.5 Å². The van der Waals surface area contributed by atoms with Crippen molar-refractivity contribution in [2.45, 2.75) is 43.8 Å². The van der Waals surface area contributed by atoms with Gasteiger partial charge in [-0.15, -0.1) is 10.2 Å². The first-order chi connectivity index (χ1) is 10.6. The van der Waals surface area contributed by atoms with Gasteiger partial charge in [-0.3, -0.25) is 0 Å². The summed E-state index contributed by atoms with van der Waals surface area (Å²) in [5, 5.41) is 17.8. The number of nitrogens with zero attached hydrogens (tertiary/aromatic N) is 4. The van der Waals surface area contributed by atoms with E-state index in [1.54, 1.807) is 11.0 Å². The van der Waals surface area contributed by atoms with E-state index in [2.05, 4.69) is 15.1 Å². The van der Waals surface area contributed by atoms with Crippen LogP contribution in [0.1, 0.15) is 25.7 Å². The highest BCUT2D eigenvalue weighted by atomic mass is 35.5. The molecule has 0 saturated carbocycles. The Bertz CT molecular complexity index is 600. The summed E-state index contributed by atoms with van der Waals surface area (Å²) < 4.78 is 5.62. The van der Waals surface area contributed by atoms with Crippen LogP contribution in [0.15, 0.2) is 6.07 Å². The third kappa shape index (κ3) is 2.15. The molecule has 3 aliphatic heterocycles. The molecule has 0 spiro atoms. The summed E-state index contributed by atoms with van der Waals surface area (Å²) in [6.45, 7) is 1.34. The molecule has 22 heavy (non-hydrogen) atoms. The summed E-state index contributed by atoms with van der Waals surface area (Å²) in [5.74, 6) is 1.39. The highest BCUT2D eigenvalue weighted by Gasteiger charge is 2.45. The van der Waals surface area contributed by atoms with Crippen LogP contribution < -0.4 is 9.64 Å². The highest BCUT2D eigenvalue weighted by Crippen LogP contribution is 2.41. The Labute approximate surface area is 132 Å². The summed E-state index contributed by atoms with van der Waals surface area (Å²) >= 11 is 5.88. The number of aromatic nitrogens is 2. The first-order valence-corrected chi connectivity index (χ1v) is 7.95. The summed E-state index contributed by atoms with van der Waals surface area (Å²) in [5.41, 5.74) is 0. The van der Waals surface area contributed by atoms with Crippen LogP contribution in [0.25, 0.3) is 0 Å². The van der Waals surface area contributed by atoms with E-state index < -0.39 is 6.09 Å².